The Morgan fingerprint density at radius 2 is 2.05 bits per heavy atom. The van der Waals surface area contributed by atoms with Crippen molar-refractivity contribution in [1.29, 1.82) is 0 Å². The number of aromatic hydroxyl groups is 1. The number of benzene rings is 1. The van der Waals surface area contributed by atoms with Gasteiger partial charge in [-0.1, -0.05) is 20.8 Å². The fourth-order valence-corrected chi connectivity index (χ4v) is 1.70. The summed E-state index contributed by atoms with van der Waals surface area (Å²) >= 11 is 0. The number of hydrogen-bond acceptors (Lipinski definition) is 5. The Hall–Kier alpha value is -1.66. The van der Waals surface area contributed by atoms with Gasteiger partial charge in [0.2, 0.25) is 0 Å². The molecule has 0 aliphatic heterocycles. The van der Waals surface area contributed by atoms with E-state index in [1.165, 1.54) is 18.2 Å². The predicted octanol–water partition coefficient (Wildman–Crippen LogP) is 1.80. The molecule has 1 atom stereocenters. The summed E-state index contributed by atoms with van der Waals surface area (Å²) in [4.78, 5) is 10.2. The first-order chi connectivity index (χ1) is 8.75. The van der Waals surface area contributed by atoms with Crippen molar-refractivity contribution in [2.45, 2.75) is 33.4 Å². The monoisotopic (exact) mass is 268 g/mol. The van der Waals surface area contributed by atoms with E-state index in [0.29, 0.717) is 5.56 Å². The summed E-state index contributed by atoms with van der Waals surface area (Å²) in [6, 6.07) is 3.73. The van der Waals surface area contributed by atoms with Crippen molar-refractivity contribution in [3.05, 3.63) is 33.9 Å². The number of aliphatic hydroxyl groups excluding tert-OH is 1. The average Bonchev–Trinajstić information content (AvgIpc) is 2.30. The van der Waals surface area contributed by atoms with E-state index >= 15 is 0 Å². The summed E-state index contributed by atoms with van der Waals surface area (Å²) in [6.45, 7) is 6.16. The molecular formula is C13H20N2O4. The van der Waals surface area contributed by atoms with Gasteiger partial charge in [-0.15, -0.1) is 0 Å². The topological polar surface area (TPSA) is 95.6 Å². The van der Waals surface area contributed by atoms with E-state index in [1.807, 2.05) is 20.8 Å². The van der Waals surface area contributed by atoms with Crippen molar-refractivity contribution >= 4 is 5.69 Å². The third-order valence-corrected chi connectivity index (χ3v) is 3.04. The van der Waals surface area contributed by atoms with Gasteiger partial charge in [0.1, 0.15) is 5.75 Å². The molecule has 0 saturated heterocycles. The minimum absolute atomic E-state index is 0.00342. The number of aliphatic hydroxyl groups is 1. The lowest BCUT2D eigenvalue weighted by Gasteiger charge is -2.30. The van der Waals surface area contributed by atoms with E-state index in [9.17, 15) is 20.3 Å². The van der Waals surface area contributed by atoms with E-state index < -0.39 is 4.92 Å². The fourth-order valence-electron chi connectivity index (χ4n) is 1.70. The summed E-state index contributed by atoms with van der Waals surface area (Å²) < 4.78 is 0. The first kappa shape index (κ1) is 15.4. The molecule has 1 aromatic carbocycles. The van der Waals surface area contributed by atoms with Crippen LogP contribution in [0.4, 0.5) is 5.69 Å². The van der Waals surface area contributed by atoms with Crippen molar-refractivity contribution in [2.75, 3.05) is 6.61 Å². The second-order valence-corrected chi connectivity index (χ2v) is 5.55. The van der Waals surface area contributed by atoms with E-state index in [2.05, 4.69) is 5.32 Å². The molecule has 0 amide bonds. The molecule has 0 aromatic heterocycles. The maximum atomic E-state index is 10.7. The number of phenols is 1. The molecule has 0 aliphatic rings. The predicted molar refractivity (Wildman–Crippen MR) is 71.9 cm³/mol. The summed E-state index contributed by atoms with van der Waals surface area (Å²) in [5, 5.41) is 32.8. The highest BCUT2D eigenvalue weighted by atomic mass is 16.6. The van der Waals surface area contributed by atoms with E-state index in [1.54, 1.807) is 0 Å². The fraction of sp³-hybridized carbons (Fsp3) is 0.538. The van der Waals surface area contributed by atoms with E-state index in [-0.39, 0.29) is 36.0 Å². The highest BCUT2D eigenvalue weighted by molar-refractivity contribution is 5.42. The van der Waals surface area contributed by atoms with Crippen molar-refractivity contribution in [2.24, 2.45) is 5.41 Å². The number of nitrogens with one attached hydrogen (secondary N) is 1. The number of nitro benzene ring substituents is 1. The Morgan fingerprint density at radius 1 is 1.42 bits per heavy atom. The van der Waals surface area contributed by atoms with Crippen LogP contribution in [0.2, 0.25) is 0 Å². The Labute approximate surface area is 112 Å². The van der Waals surface area contributed by atoms with Gasteiger partial charge in [0, 0.05) is 30.3 Å². The van der Waals surface area contributed by atoms with Gasteiger partial charge in [-0.25, -0.2) is 0 Å². The number of nitro groups is 1. The summed E-state index contributed by atoms with van der Waals surface area (Å²) in [7, 11) is 0. The summed E-state index contributed by atoms with van der Waals surface area (Å²) in [5.41, 5.74) is 0.230. The zero-order valence-electron chi connectivity index (χ0n) is 11.4. The first-order valence-electron chi connectivity index (χ1n) is 6.06. The van der Waals surface area contributed by atoms with Gasteiger partial charge in [0.05, 0.1) is 11.5 Å². The van der Waals surface area contributed by atoms with Gasteiger partial charge in [-0.3, -0.25) is 10.1 Å². The molecule has 6 heteroatoms. The van der Waals surface area contributed by atoms with Crippen LogP contribution >= 0.6 is 0 Å². The van der Waals surface area contributed by atoms with Gasteiger partial charge >= 0.3 is 0 Å². The molecule has 0 bridgehead atoms. The molecule has 1 rings (SSSR count). The third-order valence-electron chi connectivity index (χ3n) is 3.04. The molecule has 3 N–H and O–H groups in total. The van der Waals surface area contributed by atoms with Crippen LogP contribution in [0, 0.1) is 15.5 Å². The minimum Gasteiger partial charge on any atom is -0.508 e. The number of non-ortho nitro benzene ring substituents is 1. The Kier molecular flexibility index (Phi) is 4.85. The largest absolute Gasteiger partial charge is 0.508 e. The van der Waals surface area contributed by atoms with Crippen molar-refractivity contribution in [3.63, 3.8) is 0 Å². The third kappa shape index (κ3) is 4.18. The molecule has 0 saturated carbocycles. The molecule has 6 nitrogen and oxygen atoms in total. The Morgan fingerprint density at radius 3 is 2.53 bits per heavy atom. The van der Waals surface area contributed by atoms with Crippen LogP contribution in [0.15, 0.2) is 18.2 Å². The van der Waals surface area contributed by atoms with Crippen LogP contribution in [-0.4, -0.2) is 27.8 Å². The van der Waals surface area contributed by atoms with Crippen LogP contribution < -0.4 is 5.32 Å². The van der Waals surface area contributed by atoms with Crippen molar-refractivity contribution < 1.29 is 15.1 Å². The molecule has 106 valence electrons. The lowest BCUT2D eigenvalue weighted by molar-refractivity contribution is -0.384. The van der Waals surface area contributed by atoms with Gasteiger partial charge in [-0.05, 0) is 11.5 Å². The Balaban J connectivity index is 2.82. The maximum Gasteiger partial charge on any atom is 0.270 e. The van der Waals surface area contributed by atoms with E-state index in [4.69, 9.17) is 0 Å². The zero-order chi connectivity index (χ0) is 14.6. The normalized spacial score (nSPS) is 13.3. The summed E-state index contributed by atoms with van der Waals surface area (Å²) in [5.74, 6) is 0.00342. The maximum absolute atomic E-state index is 10.7. The quantitative estimate of drug-likeness (QED) is 0.559. The molecule has 0 radical (unpaired) electrons. The molecular weight excluding hydrogens is 248 g/mol. The van der Waals surface area contributed by atoms with Gasteiger partial charge in [0.15, 0.2) is 0 Å². The zero-order valence-corrected chi connectivity index (χ0v) is 11.4. The number of hydrogen-bond donors (Lipinski definition) is 3. The Bertz CT molecular complexity index is 454. The molecule has 0 unspecified atom stereocenters. The van der Waals surface area contributed by atoms with Crippen LogP contribution in [0.25, 0.3) is 0 Å². The smallest absolute Gasteiger partial charge is 0.270 e. The number of phenolic OH excluding ortho intramolecular Hbond substituents is 1. The molecule has 0 aliphatic carbocycles. The standard InChI is InChI=1S/C13H20N2O4/c1-13(2,3)12(8-16)14-7-9-6-10(15(18)19)4-5-11(9)17/h4-6,12,14,16-17H,7-8H2,1-3H3/t12-/m1/s1. The molecule has 0 spiro atoms. The second kappa shape index (κ2) is 5.99. The van der Waals surface area contributed by atoms with Crippen LogP contribution in [0.5, 0.6) is 5.75 Å². The van der Waals surface area contributed by atoms with Crippen LogP contribution in [-0.2, 0) is 6.54 Å². The molecule has 0 fully saturated rings. The SMILES string of the molecule is CC(C)(C)[C@@H](CO)NCc1cc([N+](=O)[O-])ccc1O. The molecule has 19 heavy (non-hydrogen) atoms. The van der Waals surface area contributed by atoms with Crippen molar-refractivity contribution in [3.8, 4) is 5.75 Å². The van der Waals surface area contributed by atoms with Gasteiger partial charge in [0.25, 0.3) is 5.69 Å². The van der Waals surface area contributed by atoms with E-state index in [0.717, 1.165) is 0 Å². The average molecular weight is 268 g/mol. The number of rotatable bonds is 5. The summed E-state index contributed by atoms with van der Waals surface area (Å²) in [6.07, 6.45) is 0. The van der Waals surface area contributed by atoms with Gasteiger partial charge in [-0.2, -0.15) is 0 Å². The van der Waals surface area contributed by atoms with Crippen molar-refractivity contribution in [1.82, 2.24) is 5.32 Å². The highest BCUT2D eigenvalue weighted by Gasteiger charge is 2.23. The lowest BCUT2D eigenvalue weighted by atomic mass is 9.87. The second-order valence-electron chi connectivity index (χ2n) is 5.55. The van der Waals surface area contributed by atoms with Crippen LogP contribution in [0.1, 0.15) is 26.3 Å². The first-order valence-corrected chi connectivity index (χ1v) is 6.06. The number of nitrogens with zero attached hydrogens (tertiary/aromatic N) is 1. The lowest BCUT2D eigenvalue weighted by Crippen LogP contribution is -2.42. The minimum atomic E-state index is -0.504. The molecule has 1 aromatic rings. The van der Waals surface area contributed by atoms with Gasteiger partial charge < -0.3 is 15.5 Å². The highest BCUT2D eigenvalue weighted by Crippen LogP contribution is 2.24. The molecule has 0 heterocycles. The van der Waals surface area contributed by atoms with Crippen LogP contribution in [0.3, 0.4) is 0 Å².